The van der Waals surface area contributed by atoms with E-state index in [2.05, 4.69) is 55.6 Å². The first kappa shape index (κ1) is 62.3. The molecule has 3 unspecified atom stereocenters. The molecule has 3 atom stereocenters. The summed E-state index contributed by atoms with van der Waals surface area (Å²) in [7, 11) is 0. The van der Waals surface area contributed by atoms with Crippen LogP contribution in [0.4, 0.5) is 0 Å². The molecule has 0 aliphatic heterocycles. The van der Waals surface area contributed by atoms with E-state index in [0.717, 1.165) is 44.9 Å². The van der Waals surface area contributed by atoms with E-state index >= 15 is 0 Å². The lowest BCUT2D eigenvalue weighted by Gasteiger charge is -2.21. The molecule has 0 aliphatic carbocycles. The van der Waals surface area contributed by atoms with Crippen molar-refractivity contribution in [3.05, 3.63) is 48.6 Å². The lowest BCUT2D eigenvalue weighted by Crippen LogP contribution is -2.48. The molecular weight excluding hydrogens is 787 g/mol. The van der Waals surface area contributed by atoms with Crippen molar-refractivity contribution in [2.45, 2.75) is 315 Å². The SMILES string of the molecule is CCCCCCCCCCCCC/C=C/CC/C=C/CC/C=C/C(O)C(CO)NC(=O)C(O)CCCCCCCCCCCCCCC/C=C\CCCCCCCCCCCCCC. The van der Waals surface area contributed by atoms with Gasteiger partial charge in [0.15, 0.2) is 0 Å². The quantitative estimate of drug-likeness (QED) is 0.0362. The topological polar surface area (TPSA) is 89.8 Å². The lowest BCUT2D eigenvalue weighted by molar-refractivity contribution is -0.131. The largest absolute Gasteiger partial charge is 0.394 e. The van der Waals surface area contributed by atoms with Gasteiger partial charge in [0.25, 0.3) is 0 Å². The van der Waals surface area contributed by atoms with Crippen molar-refractivity contribution in [2.75, 3.05) is 6.61 Å². The Morgan fingerprint density at radius 1 is 0.375 bits per heavy atom. The number of hydrogen-bond donors (Lipinski definition) is 4. The van der Waals surface area contributed by atoms with Crippen molar-refractivity contribution in [2.24, 2.45) is 0 Å². The number of carbonyl (C=O) groups is 1. The molecule has 0 radical (unpaired) electrons. The Balaban J connectivity index is 3.61. The average Bonchev–Trinajstić information content (AvgIpc) is 3.30. The summed E-state index contributed by atoms with van der Waals surface area (Å²) in [5, 5.41) is 33.3. The van der Waals surface area contributed by atoms with Gasteiger partial charge in [-0.2, -0.15) is 0 Å². The molecule has 5 heteroatoms. The van der Waals surface area contributed by atoms with Crippen LogP contribution < -0.4 is 5.32 Å². The zero-order valence-electron chi connectivity index (χ0n) is 42.9. The number of rotatable bonds is 52. The van der Waals surface area contributed by atoms with Crippen LogP contribution in [0, 0.1) is 0 Å². The normalized spacial score (nSPS) is 13.6. The van der Waals surface area contributed by atoms with E-state index in [0.29, 0.717) is 6.42 Å². The van der Waals surface area contributed by atoms with E-state index in [9.17, 15) is 20.1 Å². The lowest BCUT2D eigenvalue weighted by atomic mass is 10.0. The van der Waals surface area contributed by atoms with Crippen LogP contribution in [0.2, 0.25) is 0 Å². The van der Waals surface area contributed by atoms with E-state index in [1.54, 1.807) is 6.08 Å². The first-order chi connectivity index (χ1) is 31.6. The van der Waals surface area contributed by atoms with Gasteiger partial charge < -0.3 is 20.6 Å². The smallest absolute Gasteiger partial charge is 0.249 e. The van der Waals surface area contributed by atoms with E-state index in [-0.39, 0.29) is 6.61 Å². The third-order valence-electron chi connectivity index (χ3n) is 13.1. The minimum atomic E-state index is -1.11. The van der Waals surface area contributed by atoms with Gasteiger partial charge in [0.1, 0.15) is 6.10 Å². The van der Waals surface area contributed by atoms with Crippen LogP contribution in [-0.4, -0.2) is 46.1 Å². The first-order valence-corrected chi connectivity index (χ1v) is 28.5. The van der Waals surface area contributed by atoms with Crippen LogP contribution in [0.15, 0.2) is 48.6 Å². The monoisotopic (exact) mass is 898 g/mol. The van der Waals surface area contributed by atoms with Crippen molar-refractivity contribution in [1.82, 2.24) is 5.32 Å². The molecule has 0 bridgehead atoms. The fourth-order valence-corrected chi connectivity index (χ4v) is 8.68. The van der Waals surface area contributed by atoms with Gasteiger partial charge in [-0.05, 0) is 70.6 Å². The zero-order valence-corrected chi connectivity index (χ0v) is 42.9. The first-order valence-electron chi connectivity index (χ1n) is 28.5. The molecule has 0 aromatic heterocycles. The summed E-state index contributed by atoms with van der Waals surface area (Å²) in [4.78, 5) is 12.5. The minimum absolute atomic E-state index is 0.381. The molecule has 0 saturated carbocycles. The van der Waals surface area contributed by atoms with Gasteiger partial charge in [0, 0.05) is 0 Å². The Kier molecular flexibility index (Phi) is 52.5. The minimum Gasteiger partial charge on any atom is -0.394 e. The molecule has 0 fully saturated rings. The van der Waals surface area contributed by atoms with Crippen LogP contribution >= 0.6 is 0 Å². The van der Waals surface area contributed by atoms with Crippen LogP contribution in [0.25, 0.3) is 0 Å². The number of carbonyl (C=O) groups excluding carboxylic acids is 1. The molecular formula is C59H111NO4. The Morgan fingerprint density at radius 3 is 0.953 bits per heavy atom. The second-order valence-corrected chi connectivity index (χ2v) is 19.5. The maximum Gasteiger partial charge on any atom is 0.249 e. The Hall–Kier alpha value is -1.69. The van der Waals surface area contributed by atoms with Crippen molar-refractivity contribution in [3.63, 3.8) is 0 Å². The number of aliphatic hydroxyl groups is 3. The molecule has 1 amide bonds. The van der Waals surface area contributed by atoms with E-state index in [1.165, 1.54) is 231 Å². The van der Waals surface area contributed by atoms with Crippen LogP contribution in [0.5, 0.6) is 0 Å². The molecule has 0 saturated heterocycles. The number of unbranched alkanes of at least 4 members (excludes halogenated alkanes) is 38. The van der Waals surface area contributed by atoms with Gasteiger partial charge in [-0.15, -0.1) is 0 Å². The molecule has 64 heavy (non-hydrogen) atoms. The Bertz CT molecular complexity index is 1040. The highest BCUT2D eigenvalue weighted by atomic mass is 16.3. The summed E-state index contributed by atoms with van der Waals surface area (Å²) < 4.78 is 0. The third kappa shape index (κ3) is 48.2. The summed E-state index contributed by atoms with van der Waals surface area (Å²) in [5.74, 6) is -0.514. The maximum absolute atomic E-state index is 12.5. The van der Waals surface area contributed by atoms with Gasteiger partial charge in [-0.3, -0.25) is 4.79 Å². The number of allylic oxidation sites excluding steroid dienone is 7. The molecule has 0 spiro atoms. The molecule has 0 aromatic carbocycles. The summed E-state index contributed by atoms with van der Waals surface area (Å²) in [5.41, 5.74) is 0. The Labute approximate surface area is 399 Å². The second kappa shape index (κ2) is 53.9. The standard InChI is InChI=1S/C59H111NO4/c1-3-5-7-9-11-13-15-17-19-21-23-25-26-27-28-29-30-31-32-34-36-38-40-42-44-46-48-50-52-54-58(63)59(64)60-56(55-61)57(62)53-51-49-47-45-43-41-39-37-35-33-24-22-20-18-16-14-12-10-8-6-4-2/h27-28,35,37,43,45,51,53,56-58,61-63H,3-26,29-34,36,38-42,44,46-50,52,54-55H2,1-2H3,(H,60,64)/b28-27-,37-35+,45-43+,53-51+. The third-order valence-corrected chi connectivity index (χ3v) is 13.1. The second-order valence-electron chi connectivity index (χ2n) is 19.5. The molecule has 376 valence electrons. The summed E-state index contributed by atoms with van der Waals surface area (Å²) in [6.07, 6.45) is 71.9. The highest BCUT2D eigenvalue weighted by Gasteiger charge is 2.22. The van der Waals surface area contributed by atoms with Crippen molar-refractivity contribution in [1.29, 1.82) is 0 Å². The predicted molar refractivity (Wildman–Crippen MR) is 282 cm³/mol. The van der Waals surface area contributed by atoms with Crippen LogP contribution in [0.3, 0.4) is 0 Å². The molecule has 0 aromatic rings. The molecule has 0 aliphatic rings. The van der Waals surface area contributed by atoms with Crippen molar-refractivity contribution in [3.8, 4) is 0 Å². The number of nitrogens with one attached hydrogen (secondary N) is 1. The summed E-state index contributed by atoms with van der Waals surface area (Å²) >= 11 is 0. The zero-order chi connectivity index (χ0) is 46.5. The van der Waals surface area contributed by atoms with E-state index in [4.69, 9.17) is 0 Å². The average molecular weight is 899 g/mol. The van der Waals surface area contributed by atoms with E-state index in [1.807, 2.05) is 6.08 Å². The van der Waals surface area contributed by atoms with Gasteiger partial charge in [0.2, 0.25) is 5.91 Å². The van der Waals surface area contributed by atoms with Crippen molar-refractivity contribution < 1.29 is 20.1 Å². The Morgan fingerprint density at radius 2 is 0.641 bits per heavy atom. The molecule has 4 N–H and O–H groups in total. The van der Waals surface area contributed by atoms with Crippen LogP contribution in [0.1, 0.15) is 296 Å². The van der Waals surface area contributed by atoms with Crippen molar-refractivity contribution >= 4 is 5.91 Å². The van der Waals surface area contributed by atoms with Gasteiger partial charge in [0.05, 0.1) is 18.8 Å². The van der Waals surface area contributed by atoms with E-state index < -0.39 is 24.2 Å². The number of hydrogen-bond acceptors (Lipinski definition) is 4. The predicted octanol–water partition coefficient (Wildman–Crippen LogP) is 17.6. The molecule has 0 rings (SSSR count). The molecule has 5 nitrogen and oxygen atoms in total. The fraction of sp³-hybridized carbons (Fsp3) is 0.847. The van der Waals surface area contributed by atoms with Gasteiger partial charge in [-0.25, -0.2) is 0 Å². The molecule has 0 heterocycles. The number of amides is 1. The highest BCUT2D eigenvalue weighted by molar-refractivity contribution is 5.80. The maximum atomic E-state index is 12.5. The number of aliphatic hydroxyl groups excluding tert-OH is 3. The summed E-state index contributed by atoms with van der Waals surface area (Å²) in [6.45, 7) is 4.19. The van der Waals surface area contributed by atoms with Crippen LogP contribution in [-0.2, 0) is 4.79 Å². The van der Waals surface area contributed by atoms with Gasteiger partial charge >= 0.3 is 0 Å². The summed E-state index contributed by atoms with van der Waals surface area (Å²) in [6, 6.07) is -0.822. The fourth-order valence-electron chi connectivity index (χ4n) is 8.68. The van der Waals surface area contributed by atoms with Gasteiger partial charge in [-0.1, -0.05) is 274 Å². The highest BCUT2D eigenvalue weighted by Crippen LogP contribution is 2.17.